The van der Waals surface area contributed by atoms with Gasteiger partial charge in [-0.15, -0.1) is 12.4 Å². The Morgan fingerprint density at radius 3 is 2.71 bits per heavy atom. The first-order valence-corrected chi connectivity index (χ1v) is 7.03. The normalized spacial score (nSPS) is 20.5. The third-order valence-electron chi connectivity index (χ3n) is 3.64. The fourth-order valence-electron chi connectivity index (χ4n) is 2.57. The highest BCUT2D eigenvalue weighted by molar-refractivity contribution is 5.93. The molecule has 6 heteroatoms. The lowest BCUT2D eigenvalue weighted by Gasteiger charge is -2.16. The number of nitrogens with two attached hydrogens (primary N) is 1. The summed E-state index contributed by atoms with van der Waals surface area (Å²) in [6.45, 7) is 2.48. The van der Waals surface area contributed by atoms with Crippen molar-refractivity contribution in [1.82, 2.24) is 0 Å². The molecule has 5 nitrogen and oxygen atoms in total. The van der Waals surface area contributed by atoms with Gasteiger partial charge in [-0.1, -0.05) is 6.42 Å². The molecule has 2 atom stereocenters. The fourth-order valence-corrected chi connectivity index (χ4v) is 2.57. The van der Waals surface area contributed by atoms with Crippen LogP contribution in [-0.2, 0) is 4.79 Å². The van der Waals surface area contributed by atoms with Crippen LogP contribution in [0.5, 0.6) is 11.5 Å². The quantitative estimate of drug-likeness (QED) is 0.876. The topological polar surface area (TPSA) is 73.6 Å². The summed E-state index contributed by atoms with van der Waals surface area (Å²) in [5.74, 6) is 1.18. The van der Waals surface area contributed by atoms with E-state index in [4.69, 9.17) is 15.2 Å². The molecule has 118 valence electrons. The Labute approximate surface area is 131 Å². The van der Waals surface area contributed by atoms with Gasteiger partial charge in [-0.05, 0) is 31.9 Å². The molecule has 0 spiro atoms. The maximum atomic E-state index is 12.2. The number of carbonyl (C=O) groups is 1. The van der Waals surface area contributed by atoms with Crippen molar-refractivity contribution >= 4 is 24.0 Å². The first kappa shape index (κ1) is 17.6. The summed E-state index contributed by atoms with van der Waals surface area (Å²) in [6.07, 6.45) is 2.80. The van der Waals surface area contributed by atoms with E-state index in [0.717, 1.165) is 19.3 Å². The van der Waals surface area contributed by atoms with Crippen LogP contribution in [0, 0.1) is 5.92 Å². The second-order valence-corrected chi connectivity index (χ2v) is 4.99. The summed E-state index contributed by atoms with van der Waals surface area (Å²) in [6, 6.07) is 5.35. The Bertz CT molecular complexity index is 482. The first-order valence-electron chi connectivity index (χ1n) is 7.03. The molecule has 0 aromatic heterocycles. The van der Waals surface area contributed by atoms with Crippen LogP contribution < -0.4 is 20.5 Å². The van der Waals surface area contributed by atoms with Gasteiger partial charge in [0, 0.05) is 17.8 Å². The average molecular weight is 315 g/mol. The molecule has 0 heterocycles. The molecule has 3 N–H and O–H groups in total. The number of hydrogen-bond acceptors (Lipinski definition) is 4. The monoisotopic (exact) mass is 314 g/mol. The number of halogens is 1. The van der Waals surface area contributed by atoms with E-state index < -0.39 is 0 Å². The minimum atomic E-state index is -0.0902. The molecule has 2 unspecified atom stereocenters. The van der Waals surface area contributed by atoms with Crippen molar-refractivity contribution in [3.05, 3.63) is 18.2 Å². The molecule has 0 bridgehead atoms. The van der Waals surface area contributed by atoms with Crippen LogP contribution in [0.3, 0.4) is 0 Å². The highest BCUT2D eigenvalue weighted by Crippen LogP contribution is 2.31. The minimum Gasteiger partial charge on any atom is -0.493 e. The van der Waals surface area contributed by atoms with E-state index in [0.29, 0.717) is 23.8 Å². The van der Waals surface area contributed by atoms with Gasteiger partial charge in [-0.25, -0.2) is 0 Å². The van der Waals surface area contributed by atoms with Crippen molar-refractivity contribution < 1.29 is 14.3 Å². The molecule has 1 aromatic carbocycles. The standard InChI is InChI=1S/C15H22N2O3.ClH/c1-3-20-13-8-7-10(9-14(13)19-2)17-15(18)11-5-4-6-12(11)16;/h7-9,11-12H,3-6,16H2,1-2H3,(H,17,18);1H. The van der Waals surface area contributed by atoms with E-state index in [9.17, 15) is 4.79 Å². The molecule has 0 aliphatic heterocycles. The van der Waals surface area contributed by atoms with Crippen LogP contribution in [0.15, 0.2) is 18.2 Å². The van der Waals surface area contributed by atoms with Crippen LogP contribution in [0.2, 0.25) is 0 Å². The van der Waals surface area contributed by atoms with Gasteiger partial charge in [0.25, 0.3) is 0 Å². The van der Waals surface area contributed by atoms with Gasteiger partial charge in [0.15, 0.2) is 11.5 Å². The fraction of sp³-hybridized carbons (Fsp3) is 0.533. The van der Waals surface area contributed by atoms with E-state index >= 15 is 0 Å². The third-order valence-corrected chi connectivity index (χ3v) is 3.64. The van der Waals surface area contributed by atoms with Crippen molar-refractivity contribution in [1.29, 1.82) is 0 Å². The molecule has 0 radical (unpaired) electrons. The number of nitrogens with one attached hydrogen (secondary N) is 1. The molecule has 1 aliphatic carbocycles. The Morgan fingerprint density at radius 1 is 1.38 bits per heavy atom. The van der Waals surface area contributed by atoms with Crippen LogP contribution >= 0.6 is 12.4 Å². The predicted octanol–water partition coefficient (Wildman–Crippen LogP) is 2.58. The number of benzene rings is 1. The van der Waals surface area contributed by atoms with Gasteiger partial charge in [-0.2, -0.15) is 0 Å². The van der Waals surface area contributed by atoms with Gasteiger partial charge >= 0.3 is 0 Å². The number of ether oxygens (including phenoxy) is 2. The summed E-state index contributed by atoms with van der Waals surface area (Å²) < 4.78 is 10.7. The first-order chi connectivity index (χ1) is 9.65. The van der Waals surface area contributed by atoms with E-state index in [-0.39, 0.29) is 30.3 Å². The molecular formula is C15H23ClN2O3. The summed E-state index contributed by atoms with van der Waals surface area (Å²) in [7, 11) is 1.58. The van der Waals surface area contributed by atoms with Crippen molar-refractivity contribution in [2.24, 2.45) is 11.7 Å². The summed E-state index contributed by atoms with van der Waals surface area (Å²) in [5, 5.41) is 2.90. The second kappa shape index (κ2) is 8.10. The van der Waals surface area contributed by atoms with Crippen LogP contribution in [0.25, 0.3) is 0 Å². The number of carbonyl (C=O) groups excluding carboxylic acids is 1. The van der Waals surface area contributed by atoms with Gasteiger partial charge in [0.2, 0.25) is 5.91 Å². The minimum absolute atomic E-state index is 0. The Balaban J connectivity index is 0.00000220. The van der Waals surface area contributed by atoms with E-state index in [1.807, 2.05) is 13.0 Å². The van der Waals surface area contributed by atoms with E-state index in [1.54, 1.807) is 19.2 Å². The van der Waals surface area contributed by atoms with Crippen molar-refractivity contribution in [3.63, 3.8) is 0 Å². The number of methoxy groups -OCH3 is 1. The van der Waals surface area contributed by atoms with Gasteiger partial charge in [0.05, 0.1) is 19.6 Å². The zero-order valence-corrected chi connectivity index (χ0v) is 13.2. The van der Waals surface area contributed by atoms with Crippen LogP contribution in [-0.4, -0.2) is 25.7 Å². The number of anilines is 1. The average Bonchev–Trinajstić information content (AvgIpc) is 2.87. The molecule has 1 saturated carbocycles. The lowest BCUT2D eigenvalue weighted by molar-refractivity contribution is -0.120. The highest BCUT2D eigenvalue weighted by atomic mass is 35.5. The lowest BCUT2D eigenvalue weighted by Crippen LogP contribution is -2.34. The lowest BCUT2D eigenvalue weighted by atomic mass is 10.0. The maximum absolute atomic E-state index is 12.2. The summed E-state index contributed by atoms with van der Waals surface area (Å²) >= 11 is 0. The highest BCUT2D eigenvalue weighted by Gasteiger charge is 2.30. The second-order valence-electron chi connectivity index (χ2n) is 4.99. The third kappa shape index (κ3) is 4.25. The number of amides is 1. The van der Waals surface area contributed by atoms with Gasteiger partial charge in [0.1, 0.15) is 0 Å². The maximum Gasteiger partial charge on any atom is 0.229 e. The summed E-state index contributed by atoms with van der Waals surface area (Å²) in [4.78, 5) is 12.2. The Hall–Kier alpha value is -1.46. The molecular weight excluding hydrogens is 292 g/mol. The van der Waals surface area contributed by atoms with Crippen LogP contribution in [0.1, 0.15) is 26.2 Å². The number of hydrogen-bond donors (Lipinski definition) is 2. The molecule has 1 amide bonds. The molecule has 1 aromatic rings. The SMILES string of the molecule is CCOc1ccc(NC(=O)C2CCCC2N)cc1OC.Cl. The zero-order chi connectivity index (χ0) is 14.5. The van der Waals surface area contributed by atoms with Crippen LogP contribution in [0.4, 0.5) is 5.69 Å². The molecule has 0 saturated heterocycles. The molecule has 21 heavy (non-hydrogen) atoms. The van der Waals surface area contributed by atoms with Crippen molar-refractivity contribution in [3.8, 4) is 11.5 Å². The van der Waals surface area contributed by atoms with Crippen molar-refractivity contribution in [2.45, 2.75) is 32.2 Å². The molecule has 2 rings (SSSR count). The smallest absolute Gasteiger partial charge is 0.229 e. The van der Waals surface area contributed by atoms with Gasteiger partial charge in [-0.3, -0.25) is 4.79 Å². The molecule has 1 fully saturated rings. The zero-order valence-electron chi connectivity index (χ0n) is 12.4. The Kier molecular flexibility index (Phi) is 6.78. The van der Waals surface area contributed by atoms with Crippen molar-refractivity contribution in [2.75, 3.05) is 19.0 Å². The van der Waals surface area contributed by atoms with E-state index in [2.05, 4.69) is 5.32 Å². The van der Waals surface area contributed by atoms with E-state index in [1.165, 1.54) is 0 Å². The largest absolute Gasteiger partial charge is 0.493 e. The number of rotatable bonds is 5. The Morgan fingerprint density at radius 2 is 2.14 bits per heavy atom. The molecule has 1 aliphatic rings. The van der Waals surface area contributed by atoms with Gasteiger partial charge < -0.3 is 20.5 Å². The predicted molar refractivity (Wildman–Crippen MR) is 85.4 cm³/mol. The summed E-state index contributed by atoms with van der Waals surface area (Å²) in [5.41, 5.74) is 6.65.